The van der Waals surface area contributed by atoms with Gasteiger partial charge in [-0.05, 0) is 38.0 Å². The first-order valence-corrected chi connectivity index (χ1v) is 9.41. The van der Waals surface area contributed by atoms with Gasteiger partial charge in [-0.2, -0.15) is 0 Å². The minimum atomic E-state index is -3.56. The van der Waals surface area contributed by atoms with Gasteiger partial charge in [0.2, 0.25) is 0 Å². The predicted molar refractivity (Wildman–Crippen MR) is 91.1 cm³/mol. The number of aromatic amines is 1. The number of rotatable bonds is 5. The summed E-state index contributed by atoms with van der Waals surface area (Å²) in [5, 5.41) is 0. The summed E-state index contributed by atoms with van der Waals surface area (Å²) in [6.07, 6.45) is 3.96. The molecule has 0 spiro atoms. The Hall–Kier alpha value is -2.08. The second kappa shape index (κ2) is 6.58. The minimum Gasteiger partial charge on any atom is -0.267 e. The Kier molecular flexibility index (Phi) is 4.52. The van der Waals surface area contributed by atoms with Gasteiger partial charge in [0.25, 0.3) is 15.8 Å². The van der Waals surface area contributed by atoms with Crippen molar-refractivity contribution in [2.45, 2.75) is 24.7 Å². The van der Waals surface area contributed by atoms with Gasteiger partial charge in [0, 0.05) is 12.6 Å². The lowest BCUT2D eigenvalue weighted by molar-refractivity contribution is -0.367. The van der Waals surface area contributed by atoms with Crippen LogP contribution in [-0.4, -0.2) is 28.1 Å². The van der Waals surface area contributed by atoms with Crippen LogP contribution in [-0.2, 0) is 10.0 Å². The predicted octanol–water partition coefficient (Wildman–Crippen LogP) is 2.32. The van der Waals surface area contributed by atoms with Gasteiger partial charge in [0.1, 0.15) is 11.1 Å². The maximum atomic E-state index is 12.9. The lowest BCUT2D eigenvalue weighted by Crippen LogP contribution is -2.32. The Labute approximate surface area is 137 Å². The molecule has 1 saturated heterocycles. The van der Waals surface area contributed by atoms with Crippen LogP contribution in [0.2, 0.25) is 0 Å². The number of aromatic nitrogens is 1. The molecule has 1 aliphatic rings. The molecule has 0 amide bonds. The molecule has 0 bridgehead atoms. The zero-order valence-corrected chi connectivity index (χ0v) is 14.1. The summed E-state index contributed by atoms with van der Waals surface area (Å²) in [6, 6.07) is 12.7. The highest BCUT2D eigenvalue weighted by Gasteiger charge is 2.26. The molecule has 1 N–H and O–H groups in total. The largest absolute Gasteiger partial charge is 0.274 e. The summed E-state index contributed by atoms with van der Waals surface area (Å²) in [5.41, 5.74) is 0.679. The molecule has 0 saturated carbocycles. The quantitative estimate of drug-likeness (QED) is 0.844. The van der Waals surface area contributed by atoms with E-state index in [0.29, 0.717) is 12.2 Å². The zero-order valence-electron chi connectivity index (χ0n) is 13.3. The van der Waals surface area contributed by atoms with Crippen LogP contribution in [0, 0.1) is 0 Å². The first kappa shape index (κ1) is 15.8. The van der Waals surface area contributed by atoms with Gasteiger partial charge in [0.15, 0.2) is 0 Å². The van der Waals surface area contributed by atoms with Crippen molar-refractivity contribution in [3.63, 3.8) is 0 Å². The first-order chi connectivity index (χ1) is 11.1. The van der Waals surface area contributed by atoms with Crippen LogP contribution < -0.4 is 14.2 Å². The van der Waals surface area contributed by atoms with Crippen LogP contribution in [0.1, 0.15) is 19.8 Å². The molecule has 6 heteroatoms. The fraction of sp³-hybridized carbons (Fsp3) is 0.353. The zero-order chi connectivity index (χ0) is 16.3. The van der Waals surface area contributed by atoms with Crippen molar-refractivity contribution in [3.05, 3.63) is 48.7 Å². The summed E-state index contributed by atoms with van der Waals surface area (Å²) in [5.74, 6) is 0.976. The van der Waals surface area contributed by atoms with Crippen LogP contribution in [0.3, 0.4) is 0 Å². The van der Waals surface area contributed by atoms with Gasteiger partial charge < -0.3 is 0 Å². The number of benzene rings is 1. The number of nitrogens with one attached hydrogen (secondary N) is 1. The number of nitrogens with zero attached hydrogens (tertiary/aromatic N) is 2. The Bertz CT molecular complexity index is 739. The highest BCUT2D eigenvalue weighted by Crippen LogP contribution is 2.23. The first-order valence-electron chi connectivity index (χ1n) is 7.97. The SMILES string of the molecule is CCN(c1ccccc1)S(=O)(=O)c1ccc(N2CCCC2)[nH+]c1. The molecular weight excluding hydrogens is 310 g/mol. The van der Waals surface area contributed by atoms with E-state index in [9.17, 15) is 8.42 Å². The van der Waals surface area contributed by atoms with E-state index in [-0.39, 0.29) is 4.90 Å². The smallest absolute Gasteiger partial charge is 0.267 e. The Morgan fingerprint density at radius 2 is 1.78 bits per heavy atom. The monoisotopic (exact) mass is 332 g/mol. The van der Waals surface area contributed by atoms with E-state index in [1.165, 1.54) is 17.1 Å². The van der Waals surface area contributed by atoms with Gasteiger partial charge in [0.05, 0.1) is 18.8 Å². The topological polar surface area (TPSA) is 54.8 Å². The van der Waals surface area contributed by atoms with Gasteiger partial charge >= 0.3 is 0 Å². The number of para-hydroxylation sites is 1. The number of H-pyrrole nitrogens is 1. The lowest BCUT2D eigenvalue weighted by atomic mass is 10.3. The number of hydrogen-bond donors (Lipinski definition) is 0. The highest BCUT2D eigenvalue weighted by atomic mass is 32.2. The molecular formula is C17H22N3O2S+. The summed E-state index contributed by atoms with van der Waals surface area (Å²) in [6.45, 7) is 4.27. The van der Waals surface area contributed by atoms with E-state index in [1.807, 2.05) is 43.3 Å². The third-order valence-electron chi connectivity index (χ3n) is 4.13. The van der Waals surface area contributed by atoms with Crippen molar-refractivity contribution in [2.24, 2.45) is 0 Å². The second-order valence-electron chi connectivity index (χ2n) is 5.61. The lowest BCUT2D eigenvalue weighted by Gasteiger charge is -2.22. The molecule has 0 aliphatic carbocycles. The summed E-state index contributed by atoms with van der Waals surface area (Å²) < 4.78 is 27.2. The fourth-order valence-electron chi connectivity index (χ4n) is 2.93. The van der Waals surface area contributed by atoms with E-state index in [0.717, 1.165) is 18.9 Å². The van der Waals surface area contributed by atoms with E-state index >= 15 is 0 Å². The van der Waals surface area contributed by atoms with Crippen molar-refractivity contribution in [1.82, 2.24) is 0 Å². The average Bonchev–Trinajstić information content (AvgIpc) is 3.11. The van der Waals surface area contributed by atoms with Crippen LogP contribution in [0.4, 0.5) is 11.5 Å². The number of sulfonamides is 1. The third kappa shape index (κ3) is 3.17. The van der Waals surface area contributed by atoms with Crippen LogP contribution in [0.15, 0.2) is 53.6 Å². The Morgan fingerprint density at radius 3 is 2.35 bits per heavy atom. The van der Waals surface area contributed by atoms with Crippen molar-refractivity contribution in [2.75, 3.05) is 28.8 Å². The molecule has 0 unspecified atom stereocenters. The molecule has 2 heterocycles. The molecule has 2 aromatic rings. The molecule has 5 nitrogen and oxygen atoms in total. The van der Waals surface area contributed by atoms with Gasteiger partial charge in [-0.1, -0.05) is 18.2 Å². The summed E-state index contributed by atoms with van der Waals surface area (Å²) in [4.78, 5) is 5.66. The van der Waals surface area contributed by atoms with Gasteiger partial charge in [-0.25, -0.2) is 13.4 Å². The fourth-order valence-corrected chi connectivity index (χ4v) is 4.37. The Morgan fingerprint density at radius 1 is 1.09 bits per heavy atom. The van der Waals surface area contributed by atoms with E-state index in [4.69, 9.17) is 0 Å². The van der Waals surface area contributed by atoms with Crippen molar-refractivity contribution < 1.29 is 13.4 Å². The number of anilines is 2. The number of pyridine rings is 1. The normalized spacial score (nSPS) is 14.9. The molecule has 1 fully saturated rings. The maximum absolute atomic E-state index is 12.9. The number of hydrogen-bond acceptors (Lipinski definition) is 3. The second-order valence-corrected chi connectivity index (χ2v) is 7.47. The summed E-state index contributed by atoms with van der Waals surface area (Å²) in [7, 11) is -3.56. The minimum absolute atomic E-state index is 0.283. The maximum Gasteiger partial charge on any atom is 0.274 e. The van der Waals surface area contributed by atoms with Crippen molar-refractivity contribution >= 4 is 21.5 Å². The van der Waals surface area contributed by atoms with Gasteiger partial charge in [-0.3, -0.25) is 9.21 Å². The van der Waals surface area contributed by atoms with Crippen LogP contribution in [0.5, 0.6) is 0 Å². The molecule has 1 aromatic heterocycles. The average molecular weight is 332 g/mol. The van der Waals surface area contributed by atoms with Crippen LogP contribution >= 0.6 is 0 Å². The molecule has 0 radical (unpaired) electrons. The van der Waals surface area contributed by atoms with E-state index in [2.05, 4.69) is 9.88 Å². The standard InChI is InChI=1S/C17H21N3O2S/c1-2-20(15-8-4-3-5-9-15)23(21,22)16-10-11-17(18-14-16)19-12-6-7-13-19/h3-5,8-11,14H,2,6-7,12-13H2,1H3/p+1. The highest BCUT2D eigenvalue weighted by molar-refractivity contribution is 7.92. The molecule has 0 atom stereocenters. The third-order valence-corrected chi connectivity index (χ3v) is 6.03. The molecule has 1 aromatic carbocycles. The molecule has 1 aliphatic heterocycles. The molecule has 23 heavy (non-hydrogen) atoms. The molecule has 122 valence electrons. The van der Waals surface area contributed by atoms with Crippen LogP contribution in [0.25, 0.3) is 0 Å². The van der Waals surface area contributed by atoms with Crippen molar-refractivity contribution in [3.8, 4) is 0 Å². The summed E-state index contributed by atoms with van der Waals surface area (Å²) >= 11 is 0. The van der Waals surface area contributed by atoms with Crippen molar-refractivity contribution in [1.29, 1.82) is 0 Å². The van der Waals surface area contributed by atoms with Gasteiger partial charge in [-0.15, -0.1) is 0 Å². The van der Waals surface area contributed by atoms with E-state index < -0.39 is 10.0 Å². The Balaban J connectivity index is 1.89. The van der Waals surface area contributed by atoms with E-state index in [1.54, 1.807) is 12.3 Å². The molecule has 3 rings (SSSR count).